The smallest absolute Gasteiger partial charge is 0.0113 e. The molecule has 2 rings (SSSR count). The molecule has 0 saturated carbocycles. The predicted octanol–water partition coefficient (Wildman–Crippen LogP) is 2.17. The second kappa shape index (κ2) is 5.13. The molecule has 2 atom stereocenters. The van der Waals surface area contributed by atoms with Crippen LogP contribution in [-0.2, 0) is 0 Å². The molecule has 0 spiro atoms. The van der Waals surface area contributed by atoms with Gasteiger partial charge in [0.05, 0.1) is 0 Å². The highest BCUT2D eigenvalue weighted by molar-refractivity contribution is 4.95. The quantitative estimate of drug-likeness (QED) is 0.712. The first-order valence-corrected chi connectivity index (χ1v) is 6.39. The minimum Gasteiger partial charge on any atom is -0.317 e. The van der Waals surface area contributed by atoms with Gasteiger partial charge in [0.1, 0.15) is 0 Å². The third kappa shape index (κ3) is 2.43. The molecule has 1 N–H and O–H groups in total. The van der Waals surface area contributed by atoms with Gasteiger partial charge < -0.3 is 5.32 Å². The normalized spacial score (nSPS) is 36.5. The van der Waals surface area contributed by atoms with Gasteiger partial charge in [-0.25, -0.2) is 0 Å². The molecule has 86 valence electrons. The lowest BCUT2D eigenvalue weighted by molar-refractivity contribution is 0.0276. The highest BCUT2D eigenvalue weighted by atomic mass is 15.2. The van der Waals surface area contributed by atoms with Crippen LogP contribution in [0, 0.1) is 0 Å². The maximum Gasteiger partial charge on any atom is 0.0113 e. The Hall–Kier alpha value is -0.340. The molecule has 2 aliphatic heterocycles. The molecule has 2 nitrogen and oxygen atoms in total. The van der Waals surface area contributed by atoms with E-state index in [4.69, 9.17) is 0 Å². The minimum absolute atomic E-state index is 0.764. The van der Waals surface area contributed by atoms with Gasteiger partial charge in [0, 0.05) is 24.7 Å². The van der Waals surface area contributed by atoms with Crippen LogP contribution in [0.15, 0.2) is 12.7 Å². The number of piperidine rings is 2. The van der Waals surface area contributed by atoms with Gasteiger partial charge in [0.15, 0.2) is 0 Å². The Morgan fingerprint density at radius 1 is 1.33 bits per heavy atom. The van der Waals surface area contributed by atoms with Crippen molar-refractivity contribution in [2.75, 3.05) is 13.6 Å². The molecule has 2 bridgehead atoms. The van der Waals surface area contributed by atoms with Crippen LogP contribution >= 0.6 is 0 Å². The van der Waals surface area contributed by atoms with Gasteiger partial charge in [-0.2, -0.15) is 0 Å². The van der Waals surface area contributed by atoms with Crippen molar-refractivity contribution in [2.24, 2.45) is 0 Å². The van der Waals surface area contributed by atoms with E-state index >= 15 is 0 Å². The molecule has 0 aromatic rings. The van der Waals surface area contributed by atoms with Crippen LogP contribution in [0.1, 0.15) is 38.5 Å². The van der Waals surface area contributed by atoms with Gasteiger partial charge in [-0.15, -0.1) is 6.58 Å². The Morgan fingerprint density at radius 3 is 2.53 bits per heavy atom. The number of nitrogens with zero attached hydrogens (tertiary/aromatic N) is 1. The van der Waals surface area contributed by atoms with Crippen molar-refractivity contribution in [2.45, 2.75) is 56.7 Å². The number of hydrogen-bond donors (Lipinski definition) is 1. The second-order valence-electron chi connectivity index (χ2n) is 5.01. The average Bonchev–Trinajstić information content (AvgIpc) is 2.25. The van der Waals surface area contributed by atoms with Crippen LogP contribution in [0.2, 0.25) is 0 Å². The van der Waals surface area contributed by atoms with E-state index in [2.05, 4.69) is 29.9 Å². The zero-order valence-electron chi connectivity index (χ0n) is 9.91. The maximum absolute atomic E-state index is 3.83. The minimum atomic E-state index is 0.764. The van der Waals surface area contributed by atoms with Gasteiger partial charge in [-0.05, 0) is 39.2 Å². The molecule has 2 heterocycles. The Labute approximate surface area is 93.7 Å². The molecule has 2 aliphatic rings. The average molecular weight is 208 g/mol. The Balaban J connectivity index is 1.96. The van der Waals surface area contributed by atoms with E-state index in [9.17, 15) is 0 Å². The van der Waals surface area contributed by atoms with Crippen LogP contribution in [0.3, 0.4) is 0 Å². The lowest BCUT2D eigenvalue weighted by atomic mass is 9.81. The molecule has 2 unspecified atom stereocenters. The van der Waals surface area contributed by atoms with Crippen LogP contribution in [-0.4, -0.2) is 36.6 Å². The van der Waals surface area contributed by atoms with Gasteiger partial charge >= 0.3 is 0 Å². The van der Waals surface area contributed by atoms with E-state index in [1.54, 1.807) is 0 Å². The van der Waals surface area contributed by atoms with E-state index in [-0.39, 0.29) is 0 Å². The molecule has 2 heteroatoms. The zero-order chi connectivity index (χ0) is 10.7. The highest BCUT2D eigenvalue weighted by Gasteiger charge is 2.36. The van der Waals surface area contributed by atoms with Gasteiger partial charge in [-0.1, -0.05) is 12.5 Å². The molecular formula is C13H24N2. The van der Waals surface area contributed by atoms with Crippen molar-refractivity contribution in [3.8, 4) is 0 Å². The summed E-state index contributed by atoms with van der Waals surface area (Å²) < 4.78 is 0. The summed E-state index contributed by atoms with van der Waals surface area (Å²) in [5.41, 5.74) is 0. The van der Waals surface area contributed by atoms with E-state index in [1.807, 2.05) is 0 Å². The molecule has 2 saturated heterocycles. The largest absolute Gasteiger partial charge is 0.317 e. The number of rotatable bonds is 4. The van der Waals surface area contributed by atoms with Gasteiger partial charge in [-0.3, -0.25) is 4.90 Å². The van der Waals surface area contributed by atoms with Crippen molar-refractivity contribution in [1.82, 2.24) is 10.2 Å². The first kappa shape index (κ1) is 11.2. The standard InChI is InChI=1S/C13H24N2/c1-3-4-8-15-12-6-5-7-13(15)10-11(9-12)14-2/h3,11-14H,1,4-10H2,2H3. The van der Waals surface area contributed by atoms with Crippen LogP contribution in [0.4, 0.5) is 0 Å². The molecular weight excluding hydrogens is 184 g/mol. The summed E-state index contributed by atoms with van der Waals surface area (Å²) in [6, 6.07) is 2.45. The van der Waals surface area contributed by atoms with E-state index < -0.39 is 0 Å². The van der Waals surface area contributed by atoms with Crippen molar-refractivity contribution in [3.63, 3.8) is 0 Å². The Morgan fingerprint density at radius 2 is 2.00 bits per heavy atom. The molecule has 0 aliphatic carbocycles. The summed E-state index contributed by atoms with van der Waals surface area (Å²) in [5.74, 6) is 0. The summed E-state index contributed by atoms with van der Waals surface area (Å²) in [7, 11) is 2.11. The fourth-order valence-electron chi connectivity index (χ4n) is 3.32. The topological polar surface area (TPSA) is 15.3 Å². The first-order chi connectivity index (χ1) is 7.35. The SMILES string of the molecule is C=CCCN1C2CCCC1CC(NC)C2. The number of hydrogen-bond acceptors (Lipinski definition) is 2. The monoisotopic (exact) mass is 208 g/mol. The van der Waals surface area contributed by atoms with Crippen molar-refractivity contribution in [3.05, 3.63) is 12.7 Å². The first-order valence-electron chi connectivity index (χ1n) is 6.39. The fraction of sp³-hybridized carbons (Fsp3) is 0.846. The molecule has 0 amide bonds. The third-order valence-corrected chi connectivity index (χ3v) is 4.13. The Kier molecular flexibility index (Phi) is 3.81. The zero-order valence-corrected chi connectivity index (χ0v) is 9.91. The van der Waals surface area contributed by atoms with Crippen LogP contribution in [0.25, 0.3) is 0 Å². The van der Waals surface area contributed by atoms with Crippen molar-refractivity contribution < 1.29 is 0 Å². The highest BCUT2D eigenvalue weighted by Crippen LogP contribution is 2.33. The molecule has 0 radical (unpaired) electrons. The van der Waals surface area contributed by atoms with Gasteiger partial charge in [0.2, 0.25) is 0 Å². The summed E-state index contributed by atoms with van der Waals surface area (Å²) in [4.78, 5) is 2.75. The lowest BCUT2D eigenvalue weighted by Crippen LogP contribution is -2.55. The van der Waals surface area contributed by atoms with E-state index in [1.165, 1.54) is 38.6 Å². The summed E-state index contributed by atoms with van der Waals surface area (Å²) in [6.45, 7) is 5.06. The van der Waals surface area contributed by atoms with Crippen LogP contribution < -0.4 is 5.32 Å². The number of fused-ring (bicyclic) bond motifs is 2. The van der Waals surface area contributed by atoms with Crippen molar-refractivity contribution >= 4 is 0 Å². The second-order valence-corrected chi connectivity index (χ2v) is 5.01. The fourth-order valence-corrected chi connectivity index (χ4v) is 3.32. The lowest BCUT2D eigenvalue weighted by Gasteiger charge is -2.49. The third-order valence-electron chi connectivity index (χ3n) is 4.13. The summed E-state index contributed by atoms with van der Waals surface area (Å²) in [6.07, 6.45) is 10.2. The van der Waals surface area contributed by atoms with Crippen LogP contribution in [0.5, 0.6) is 0 Å². The molecule has 2 fully saturated rings. The van der Waals surface area contributed by atoms with Gasteiger partial charge in [0.25, 0.3) is 0 Å². The molecule has 0 aromatic heterocycles. The number of nitrogens with one attached hydrogen (secondary N) is 1. The van der Waals surface area contributed by atoms with E-state index in [0.717, 1.165) is 24.5 Å². The predicted molar refractivity (Wildman–Crippen MR) is 65.0 cm³/mol. The summed E-state index contributed by atoms with van der Waals surface area (Å²) >= 11 is 0. The van der Waals surface area contributed by atoms with Crippen molar-refractivity contribution in [1.29, 1.82) is 0 Å². The summed E-state index contributed by atoms with van der Waals surface area (Å²) in [5, 5.41) is 3.46. The molecule has 0 aromatic carbocycles. The Bertz CT molecular complexity index is 201. The maximum atomic E-state index is 3.83. The molecule has 15 heavy (non-hydrogen) atoms. The van der Waals surface area contributed by atoms with E-state index in [0.29, 0.717) is 0 Å².